The molecule has 0 bridgehead atoms. The molecule has 11 heavy (non-hydrogen) atoms. The van der Waals surface area contributed by atoms with Crippen LogP contribution in [0.2, 0.25) is 0 Å². The van der Waals surface area contributed by atoms with E-state index in [9.17, 15) is 4.79 Å². The van der Waals surface area contributed by atoms with Crippen molar-refractivity contribution in [2.75, 3.05) is 6.54 Å². The second-order valence-electron chi connectivity index (χ2n) is 2.30. The molecule has 0 aromatic carbocycles. The molecule has 62 valence electrons. The molecule has 0 aromatic heterocycles. The lowest BCUT2D eigenvalue weighted by Crippen LogP contribution is -2.25. The van der Waals surface area contributed by atoms with Crippen LogP contribution >= 0.6 is 0 Å². The van der Waals surface area contributed by atoms with Crippen LogP contribution in [0.3, 0.4) is 0 Å². The van der Waals surface area contributed by atoms with E-state index in [0.29, 0.717) is 12.6 Å². The Hall–Kier alpha value is -1.01. The number of carboxylic acids is 1. The van der Waals surface area contributed by atoms with Gasteiger partial charge in [0.05, 0.1) is 6.54 Å². The second kappa shape index (κ2) is 5.75. The average Bonchev–Trinajstić information content (AvgIpc) is 1.97. The Morgan fingerprint density at radius 2 is 2.36 bits per heavy atom. The van der Waals surface area contributed by atoms with Crippen molar-refractivity contribution in [3.63, 3.8) is 0 Å². The summed E-state index contributed by atoms with van der Waals surface area (Å²) in [6, 6.07) is 0.401. The molecule has 0 radical (unpaired) electrons. The van der Waals surface area contributed by atoms with Crippen LogP contribution in [0.1, 0.15) is 20.3 Å². The third-order valence-electron chi connectivity index (χ3n) is 1.35. The van der Waals surface area contributed by atoms with E-state index < -0.39 is 5.97 Å². The van der Waals surface area contributed by atoms with Gasteiger partial charge in [0.25, 0.3) is 0 Å². The van der Waals surface area contributed by atoms with Crippen molar-refractivity contribution in [1.29, 1.82) is 0 Å². The van der Waals surface area contributed by atoms with Gasteiger partial charge in [0.2, 0.25) is 0 Å². The van der Waals surface area contributed by atoms with Crippen molar-refractivity contribution in [3.8, 4) is 11.8 Å². The van der Waals surface area contributed by atoms with Crippen molar-refractivity contribution in [2.24, 2.45) is 0 Å². The number of hydrogen-bond acceptors (Lipinski definition) is 2. The summed E-state index contributed by atoms with van der Waals surface area (Å²) in [6.07, 6.45) is 1.02. The van der Waals surface area contributed by atoms with Gasteiger partial charge in [-0.3, -0.25) is 0 Å². The molecule has 0 saturated carbocycles. The second-order valence-corrected chi connectivity index (χ2v) is 2.30. The normalized spacial score (nSPS) is 11.5. The first-order valence-electron chi connectivity index (χ1n) is 3.62. The zero-order valence-corrected chi connectivity index (χ0v) is 6.85. The molecule has 0 fully saturated rings. The Morgan fingerprint density at radius 1 is 1.73 bits per heavy atom. The zero-order valence-electron chi connectivity index (χ0n) is 6.85. The number of nitrogens with one attached hydrogen (secondary N) is 1. The monoisotopic (exact) mass is 155 g/mol. The van der Waals surface area contributed by atoms with E-state index in [-0.39, 0.29) is 0 Å². The highest BCUT2D eigenvalue weighted by atomic mass is 16.4. The standard InChI is InChI=1S/C8H13NO2/c1-3-7(2)9-6-4-5-8(10)11/h7,9H,3,6H2,1-2H3,(H,10,11). The smallest absolute Gasteiger partial charge is 0.381 e. The summed E-state index contributed by atoms with van der Waals surface area (Å²) < 4.78 is 0. The van der Waals surface area contributed by atoms with Gasteiger partial charge in [-0.1, -0.05) is 12.8 Å². The van der Waals surface area contributed by atoms with E-state index in [0.717, 1.165) is 6.42 Å². The van der Waals surface area contributed by atoms with Crippen LogP contribution in [0.4, 0.5) is 0 Å². The quantitative estimate of drug-likeness (QED) is 0.582. The number of carboxylic acid groups (broad SMARTS) is 1. The molecular formula is C8H13NO2. The number of aliphatic carboxylic acids is 1. The lowest BCUT2D eigenvalue weighted by atomic mass is 10.3. The van der Waals surface area contributed by atoms with E-state index in [1.165, 1.54) is 0 Å². The van der Waals surface area contributed by atoms with E-state index in [4.69, 9.17) is 5.11 Å². The average molecular weight is 155 g/mol. The Balaban J connectivity index is 3.43. The van der Waals surface area contributed by atoms with Crippen molar-refractivity contribution < 1.29 is 9.90 Å². The number of rotatable bonds is 3. The summed E-state index contributed by atoms with van der Waals surface area (Å²) >= 11 is 0. The number of carbonyl (C=O) groups is 1. The first kappa shape index (κ1) is 9.99. The molecule has 3 nitrogen and oxygen atoms in total. The van der Waals surface area contributed by atoms with Crippen LogP contribution in [0, 0.1) is 11.8 Å². The first-order chi connectivity index (χ1) is 5.16. The lowest BCUT2D eigenvalue weighted by Gasteiger charge is -2.06. The van der Waals surface area contributed by atoms with Gasteiger partial charge in [0.1, 0.15) is 0 Å². The molecule has 0 saturated heterocycles. The van der Waals surface area contributed by atoms with Gasteiger partial charge in [-0.05, 0) is 13.3 Å². The Morgan fingerprint density at radius 3 is 2.82 bits per heavy atom. The highest BCUT2D eigenvalue weighted by molar-refractivity contribution is 5.86. The molecular weight excluding hydrogens is 142 g/mol. The highest BCUT2D eigenvalue weighted by Crippen LogP contribution is 1.84. The van der Waals surface area contributed by atoms with E-state index in [1.54, 1.807) is 0 Å². The summed E-state index contributed by atoms with van der Waals surface area (Å²) in [5.74, 6) is 3.45. The van der Waals surface area contributed by atoms with E-state index in [2.05, 4.69) is 18.2 Å². The van der Waals surface area contributed by atoms with Crippen LogP contribution in [0.5, 0.6) is 0 Å². The summed E-state index contributed by atoms with van der Waals surface area (Å²) in [5, 5.41) is 11.2. The van der Waals surface area contributed by atoms with Gasteiger partial charge >= 0.3 is 5.97 Å². The predicted octanol–water partition coefficient (Wildman–Crippen LogP) is 0.463. The predicted molar refractivity (Wildman–Crippen MR) is 43.2 cm³/mol. The fraction of sp³-hybridized carbons (Fsp3) is 0.625. The van der Waals surface area contributed by atoms with Crippen LogP contribution in [0.25, 0.3) is 0 Å². The van der Waals surface area contributed by atoms with Crippen molar-refractivity contribution in [1.82, 2.24) is 5.32 Å². The SMILES string of the molecule is CCC(C)NCC#CC(=O)O. The summed E-state index contributed by atoms with van der Waals surface area (Å²) in [5.41, 5.74) is 0. The largest absolute Gasteiger partial charge is 0.472 e. The molecule has 0 aromatic rings. The molecule has 0 aliphatic rings. The Labute approximate surface area is 66.8 Å². The minimum Gasteiger partial charge on any atom is -0.472 e. The zero-order chi connectivity index (χ0) is 8.69. The van der Waals surface area contributed by atoms with Gasteiger partial charge in [0.15, 0.2) is 0 Å². The maximum absolute atomic E-state index is 9.91. The minimum atomic E-state index is -1.07. The molecule has 0 amide bonds. The van der Waals surface area contributed by atoms with E-state index in [1.807, 2.05) is 12.8 Å². The summed E-state index contributed by atoms with van der Waals surface area (Å²) in [7, 11) is 0. The Kier molecular flexibility index (Phi) is 5.22. The fourth-order valence-electron chi connectivity index (χ4n) is 0.489. The van der Waals surface area contributed by atoms with Gasteiger partial charge in [0, 0.05) is 12.0 Å². The molecule has 0 aliphatic carbocycles. The third-order valence-corrected chi connectivity index (χ3v) is 1.35. The van der Waals surface area contributed by atoms with Crippen molar-refractivity contribution >= 4 is 5.97 Å². The van der Waals surface area contributed by atoms with Crippen molar-refractivity contribution in [2.45, 2.75) is 26.3 Å². The van der Waals surface area contributed by atoms with Gasteiger partial charge in [-0.25, -0.2) is 4.79 Å². The highest BCUT2D eigenvalue weighted by Gasteiger charge is 1.92. The Bertz CT molecular complexity index is 178. The molecule has 0 rings (SSSR count). The van der Waals surface area contributed by atoms with Gasteiger partial charge in [-0.2, -0.15) is 0 Å². The molecule has 3 heteroatoms. The van der Waals surface area contributed by atoms with Gasteiger partial charge < -0.3 is 10.4 Å². The lowest BCUT2D eigenvalue weighted by molar-refractivity contribution is -0.130. The molecule has 0 heterocycles. The first-order valence-corrected chi connectivity index (χ1v) is 3.62. The molecule has 0 aliphatic heterocycles. The molecule has 0 spiro atoms. The van der Waals surface area contributed by atoms with Crippen molar-refractivity contribution in [3.05, 3.63) is 0 Å². The van der Waals surface area contributed by atoms with Crippen LogP contribution in [-0.4, -0.2) is 23.7 Å². The topological polar surface area (TPSA) is 49.3 Å². The maximum Gasteiger partial charge on any atom is 0.381 e. The maximum atomic E-state index is 9.91. The minimum absolute atomic E-state index is 0.401. The number of hydrogen-bond donors (Lipinski definition) is 2. The van der Waals surface area contributed by atoms with Crippen LogP contribution in [0.15, 0.2) is 0 Å². The third kappa shape index (κ3) is 6.88. The van der Waals surface area contributed by atoms with Gasteiger partial charge in [-0.15, -0.1) is 0 Å². The fourth-order valence-corrected chi connectivity index (χ4v) is 0.489. The van der Waals surface area contributed by atoms with Crippen LogP contribution in [-0.2, 0) is 4.79 Å². The molecule has 1 atom stereocenters. The molecule has 2 N–H and O–H groups in total. The summed E-state index contributed by atoms with van der Waals surface area (Å²) in [4.78, 5) is 9.91. The van der Waals surface area contributed by atoms with Crippen LogP contribution < -0.4 is 5.32 Å². The molecule has 1 unspecified atom stereocenters. The summed E-state index contributed by atoms with van der Waals surface area (Å²) in [6.45, 7) is 4.53. The van der Waals surface area contributed by atoms with E-state index >= 15 is 0 Å².